The third kappa shape index (κ3) is 4.13. The van der Waals surface area contributed by atoms with E-state index in [0.717, 1.165) is 22.4 Å². The number of hydrogen-bond donors (Lipinski definition) is 1. The van der Waals surface area contributed by atoms with Gasteiger partial charge in [0.2, 0.25) is 0 Å². The quantitative estimate of drug-likeness (QED) is 0.893. The lowest BCUT2D eigenvalue weighted by Crippen LogP contribution is -2.30. The minimum atomic E-state index is -0.558. The SMILES string of the molecule is Cc1cc(C)c(NC(=O)[C@H](C)Oc2ccc(C)c(C)c2)c(C)c1. The van der Waals surface area contributed by atoms with Crippen molar-refractivity contribution in [1.29, 1.82) is 0 Å². The minimum Gasteiger partial charge on any atom is -0.481 e. The summed E-state index contributed by atoms with van der Waals surface area (Å²) in [5, 5.41) is 2.99. The number of carbonyl (C=O) groups excluding carboxylic acids is 1. The number of anilines is 1. The molecule has 0 saturated carbocycles. The molecule has 0 aliphatic carbocycles. The van der Waals surface area contributed by atoms with Gasteiger partial charge < -0.3 is 10.1 Å². The predicted molar refractivity (Wildman–Crippen MR) is 95.3 cm³/mol. The molecule has 0 heterocycles. The molecule has 0 aliphatic heterocycles. The molecule has 2 aromatic carbocycles. The van der Waals surface area contributed by atoms with Crippen LogP contribution in [0.15, 0.2) is 30.3 Å². The zero-order valence-electron chi connectivity index (χ0n) is 14.8. The van der Waals surface area contributed by atoms with Crippen LogP contribution in [-0.4, -0.2) is 12.0 Å². The molecule has 0 aromatic heterocycles. The maximum Gasteiger partial charge on any atom is 0.265 e. The number of hydrogen-bond acceptors (Lipinski definition) is 2. The molecule has 23 heavy (non-hydrogen) atoms. The van der Waals surface area contributed by atoms with Crippen LogP contribution in [0.4, 0.5) is 5.69 Å². The molecule has 0 aliphatic rings. The van der Waals surface area contributed by atoms with Gasteiger partial charge in [0.15, 0.2) is 6.10 Å². The Balaban J connectivity index is 2.10. The van der Waals surface area contributed by atoms with E-state index in [2.05, 4.69) is 31.3 Å². The average molecular weight is 311 g/mol. The van der Waals surface area contributed by atoms with Gasteiger partial charge in [-0.05, 0) is 75.9 Å². The molecule has 3 nitrogen and oxygen atoms in total. The Morgan fingerprint density at radius 3 is 2.09 bits per heavy atom. The van der Waals surface area contributed by atoms with Crippen LogP contribution in [0.2, 0.25) is 0 Å². The molecule has 1 atom stereocenters. The molecular formula is C20H25NO2. The second-order valence-corrected chi connectivity index (χ2v) is 6.27. The first-order valence-electron chi connectivity index (χ1n) is 7.90. The van der Waals surface area contributed by atoms with Crippen molar-refractivity contribution in [2.24, 2.45) is 0 Å². The Hall–Kier alpha value is -2.29. The highest BCUT2D eigenvalue weighted by Gasteiger charge is 2.17. The Morgan fingerprint density at radius 2 is 1.52 bits per heavy atom. The summed E-state index contributed by atoms with van der Waals surface area (Å²) >= 11 is 0. The molecule has 0 saturated heterocycles. The Kier molecular flexibility index (Phi) is 5.09. The van der Waals surface area contributed by atoms with Crippen LogP contribution in [0.1, 0.15) is 34.7 Å². The van der Waals surface area contributed by atoms with Crippen LogP contribution >= 0.6 is 0 Å². The molecule has 0 spiro atoms. The van der Waals surface area contributed by atoms with Crippen molar-refractivity contribution < 1.29 is 9.53 Å². The average Bonchev–Trinajstić information content (AvgIpc) is 2.46. The van der Waals surface area contributed by atoms with Crippen molar-refractivity contribution in [3.63, 3.8) is 0 Å². The maximum atomic E-state index is 12.4. The van der Waals surface area contributed by atoms with Gasteiger partial charge in [-0.1, -0.05) is 23.8 Å². The first-order valence-corrected chi connectivity index (χ1v) is 7.90. The largest absolute Gasteiger partial charge is 0.481 e. The molecule has 3 heteroatoms. The Bertz CT molecular complexity index is 711. The second kappa shape index (κ2) is 6.86. The van der Waals surface area contributed by atoms with E-state index in [1.807, 2.05) is 39.0 Å². The van der Waals surface area contributed by atoms with Gasteiger partial charge in [-0.2, -0.15) is 0 Å². The van der Waals surface area contributed by atoms with Gasteiger partial charge in [-0.3, -0.25) is 4.79 Å². The molecule has 122 valence electrons. The van der Waals surface area contributed by atoms with Gasteiger partial charge in [0.25, 0.3) is 5.91 Å². The molecule has 0 bridgehead atoms. The van der Waals surface area contributed by atoms with E-state index < -0.39 is 6.10 Å². The summed E-state index contributed by atoms with van der Waals surface area (Å²) in [7, 11) is 0. The van der Waals surface area contributed by atoms with Gasteiger partial charge in [0, 0.05) is 5.69 Å². The molecule has 0 radical (unpaired) electrons. The Morgan fingerprint density at radius 1 is 0.913 bits per heavy atom. The van der Waals surface area contributed by atoms with E-state index in [9.17, 15) is 4.79 Å². The van der Waals surface area contributed by atoms with Crippen LogP contribution in [0.5, 0.6) is 5.75 Å². The first kappa shape index (κ1) is 17.1. The van der Waals surface area contributed by atoms with E-state index in [0.29, 0.717) is 5.75 Å². The van der Waals surface area contributed by atoms with E-state index in [1.54, 1.807) is 6.92 Å². The first-order chi connectivity index (χ1) is 10.8. The summed E-state index contributed by atoms with van der Waals surface area (Å²) in [6.07, 6.45) is -0.558. The van der Waals surface area contributed by atoms with Crippen LogP contribution in [0.3, 0.4) is 0 Å². The normalized spacial score (nSPS) is 11.9. The van der Waals surface area contributed by atoms with Gasteiger partial charge in [-0.25, -0.2) is 0 Å². The fourth-order valence-electron chi connectivity index (χ4n) is 2.65. The lowest BCUT2D eigenvalue weighted by atomic mass is 10.0. The molecule has 1 N–H and O–H groups in total. The number of nitrogens with one attached hydrogen (secondary N) is 1. The number of carbonyl (C=O) groups is 1. The van der Waals surface area contributed by atoms with E-state index in [4.69, 9.17) is 4.74 Å². The third-order valence-corrected chi connectivity index (χ3v) is 4.09. The van der Waals surface area contributed by atoms with Crippen molar-refractivity contribution in [2.75, 3.05) is 5.32 Å². The van der Waals surface area contributed by atoms with Crippen LogP contribution in [0.25, 0.3) is 0 Å². The maximum absolute atomic E-state index is 12.4. The monoisotopic (exact) mass is 311 g/mol. The van der Waals surface area contributed by atoms with Crippen molar-refractivity contribution in [3.8, 4) is 5.75 Å². The number of rotatable bonds is 4. The van der Waals surface area contributed by atoms with Crippen LogP contribution in [0, 0.1) is 34.6 Å². The van der Waals surface area contributed by atoms with Crippen LogP contribution in [-0.2, 0) is 4.79 Å². The van der Waals surface area contributed by atoms with Gasteiger partial charge in [0.1, 0.15) is 5.75 Å². The fourth-order valence-corrected chi connectivity index (χ4v) is 2.65. The van der Waals surface area contributed by atoms with Gasteiger partial charge >= 0.3 is 0 Å². The fraction of sp³-hybridized carbons (Fsp3) is 0.350. The molecular weight excluding hydrogens is 286 g/mol. The zero-order chi connectivity index (χ0) is 17.1. The van der Waals surface area contributed by atoms with Gasteiger partial charge in [-0.15, -0.1) is 0 Å². The van der Waals surface area contributed by atoms with Crippen molar-refractivity contribution in [2.45, 2.75) is 47.6 Å². The highest BCUT2D eigenvalue weighted by Crippen LogP contribution is 2.23. The van der Waals surface area contributed by atoms with Gasteiger partial charge in [0.05, 0.1) is 0 Å². The lowest BCUT2D eigenvalue weighted by molar-refractivity contribution is -0.122. The zero-order valence-corrected chi connectivity index (χ0v) is 14.8. The number of aryl methyl sites for hydroxylation is 5. The summed E-state index contributed by atoms with van der Waals surface area (Å²) in [5.74, 6) is 0.575. The van der Waals surface area contributed by atoms with E-state index in [1.165, 1.54) is 11.1 Å². The molecule has 0 unspecified atom stereocenters. The Labute approximate surface area is 138 Å². The molecule has 1 amide bonds. The number of ether oxygens (including phenoxy) is 1. The minimum absolute atomic E-state index is 0.140. The molecule has 0 fully saturated rings. The molecule has 2 aromatic rings. The summed E-state index contributed by atoms with van der Waals surface area (Å²) in [4.78, 5) is 12.4. The standard InChI is InChI=1S/C20H25NO2/c1-12-9-15(4)19(16(5)10-12)21-20(22)17(6)23-18-8-7-13(2)14(3)11-18/h7-11,17H,1-6H3,(H,21,22)/t17-/m0/s1. The lowest BCUT2D eigenvalue weighted by Gasteiger charge is -2.18. The van der Waals surface area contributed by atoms with Crippen molar-refractivity contribution in [3.05, 3.63) is 58.1 Å². The summed E-state index contributed by atoms with van der Waals surface area (Å²) in [6.45, 7) is 11.9. The van der Waals surface area contributed by atoms with E-state index in [-0.39, 0.29) is 5.91 Å². The topological polar surface area (TPSA) is 38.3 Å². The summed E-state index contributed by atoms with van der Waals surface area (Å²) in [6, 6.07) is 9.99. The second-order valence-electron chi connectivity index (χ2n) is 6.27. The van der Waals surface area contributed by atoms with Crippen molar-refractivity contribution >= 4 is 11.6 Å². The summed E-state index contributed by atoms with van der Waals surface area (Å²) in [5.41, 5.74) is 6.55. The summed E-state index contributed by atoms with van der Waals surface area (Å²) < 4.78 is 5.78. The highest BCUT2D eigenvalue weighted by molar-refractivity contribution is 5.95. The molecule has 2 rings (SSSR count). The number of benzene rings is 2. The predicted octanol–water partition coefficient (Wildman–Crippen LogP) is 4.63. The van der Waals surface area contributed by atoms with Crippen molar-refractivity contribution in [1.82, 2.24) is 0 Å². The van der Waals surface area contributed by atoms with Crippen LogP contribution < -0.4 is 10.1 Å². The third-order valence-electron chi connectivity index (χ3n) is 4.09. The number of amides is 1. The smallest absolute Gasteiger partial charge is 0.265 e. The highest BCUT2D eigenvalue weighted by atomic mass is 16.5. The van der Waals surface area contributed by atoms with E-state index >= 15 is 0 Å².